The van der Waals surface area contributed by atoms with Crippen LogP contribution in [0.4, 0.5) is 0 Å². The van der Waals surface area contributed by atoms with Crippen molar-refractivity contribution in [2.45, 2.75) is 32.1 Å². The van der Waals surface area contributed by atoms with Crippen molar-refractivity contribution in [1.29, 1.82) is 0 Å². The van der Waals surface area contributed by atoms with Gasteiger partial charge in [0.05, 0.1) is 7.14 Å². The van der Waals surface area contributed by atoms with Crippen LogP contribution < -0.4 is 0 Å². The Morgan fingerprint density at radius 1 is 1.18 bits per heavy atom. The van der Waals surface area contributed by atoms with E-state index in [1.54, 1.807) is 0 Å². The van der Waals surface area contributed by atoms with E-state index in [9.17, 15) is 4.57 Å². The third kappa shape index (κ3) is 3.96. The molecule has 0 radical (unpaired) electrons. The molecular weight excluding hydrogens is 155 g/mol. The minimum absolute atomic E-state index is 0.782. The Morgan fingerprint density at radius 2 is 1.73 bits per heavy atom. The van der Waals surface area contributed by atoms with Crippen LogP contribution in [0.25, 0.3) is 0 Å². The molecule has 1 fully saturated rings. The van der Waals surface area contributed by atoms with Crippen molar-refractivity contribution in [2.75, 3.05) is 19.5 Å². The predicted molar refractivity (Wildman–Crippen MR) is 50.9 cm³/mol. The highest BCUT2D eigenvalue weighted by Crippen LogP contribution is 2.41. The van der Waals surface area contributed by atoms with E-state index in [1.165, 1.54) is 32.1 Å². The maximum absolute atomic E-state index is 11.5. The summed E-state index contributed by atoms with van der Waals surface area (Å²) < 4.78 is 11.5. The first-order valence-corrected chi connectivity index (χ1v) is 7.40. The molecule has 0 aromatic rings. The number of rotatable bonds is 2. The molecule has 2 heteroatoms. The van der Waals surface area contributed by atoms with Crippen molar-refractivity contribution in [2.24, 2.45) is 5.92 Å². The Hall–Kier alpha value is 0.230. The zero-order chi connectivity index (χ0) is 8.32. The molecule has 0 aromatic heterocycles. The van der Waals surface area contributed by atoms with Crippen LogP contribution in [-0.4, -0.2) is 19.5 Å². The second-order valence-corrected chi connectivity index (χ2v) is 7.77. The summed E-state index contributed by atoms with van der Waals surface area (Å²) in [7, 11) is -1.73. The lowest BCUT2D eigenvalue weighted by molar-refractivity contribution is 0.385. The predicted octanol–water partition coefficient (Wildman–Crippen LogP) is 3.19. The minimum atomic E-state index is -1.73. The van der Waals surface area contributed by atoms with Crippen molar-refractivity contribution in [3.8, 4) is 0 Å². The summed E-state index contributed by atoms with van der Waals surface area (Å²) in [5.41, 5.74) is 0. The molecule has 0 atom stereocenters. The molecule has 0 spiro atoms. The van der Waals surface area contributed by atoms with Crippen LogP contribution >= 0.6 is 7.14 Å². The summed E-state index contributed by atoms with van der Waals surface area (Å²) in [6.45, 7) is 3.84. The fourth-order valence-electron chi connectivity index (χ4n) is 1.99. The Balaban J connectivity index is 2.30. The molecule has 0 aromatic carbocycles. The van der Waals surface area contributed by atoms with Crippen molar-refractivity contribution >= 4 is 7.14 Å². The van der Waals surface area contributed by atoms with E-state index in [4.69, 9.17) is 0 Å². The fraction of sp³-hybridized carbons (Fsp3) is 1.00. The summed E-state index contributed by atoms with van der Waals surface area (Å²) in [6, 6.07) is 0. The third-order valence-electron chi connectivity index (χ3n) is 2.42. The van der Waals surface area contributed by atoms with E-state index in [2.05, 4.69) is 0 Å². The topological polar surface area (TPSA) is 17.1 Å². The van der Waals surface area contributed by atoms with E-state index in [1.807, 2.05) is 13.3 Å². The number of hydrogen-bond donors (Lipinski definition) is 0. The Labute approximate surface area is 69.9 Å². The lowest BCUT2D eigenvalue weighted by Gasteiger charge is -2.22. The normalized spacial score (nSPS) is 22.0. The Kier molecular flexibility index (Phi) is 3.18. The highest BCUT2D eigenvalue weighted by molar-refractivity contribution is 7.62. The first-order valence-electron chi connectivity index (χ1n) is 4.62. The third-order valence-corrected chi connectivity index (χ3v) is 3.82. The molecule has 0 aliphatic heterocycles. The maximum Gasteiger partial charge on any atom is 0.0822 e. The largest absolute Gasteiger partial charge is 0.324 e. The summed E-state index contributed by atoms with van der Waals surface area (Å²) >= 11 is 0. The zero-order valence-corrected chi connectivity index (χ0v) is 8.57. The van der Waals surface area contributed by atoms with Gasteiger partial charge in [-0.1, -0.05) is 32.1 Å². The molecule has 0 saturated heterocycles. The maximum atomic E-state index is 11.5. The van der Waals surface area contributed by atoms with Gasteiger partial charge in [-0.3, -0.25) is 0 Å². The van der Waals surface area contributed by atoms with Gasteiger partial charge in [-0.2, -0.15) is 0 Å². The molecule has 0 amide bonds. The second kappa shape index (κ2) is 3.76. The lowest BCUT2D eigenvalue weighted by atomic mass is 9.91. The minimum Gasteiger partial charge on any atom is -0.324 e. The molecule has 11 heavy (non-hydrogen) atoms. The summed E-state index contributed by atoms with van der Waals surface area (Å²) in [5.74, 6) is 0.782. The number of hydrogen-bond acceptors (Lipinski definition) is 1. The van der Waals surface area contributed by atoms with Gasteiger partial charge >= 0.3 is 0 Å². The van der Waals surface area contributed by atoms with Gasteiger partial charge in [0.15, 0.2) is 0 Å². The van der Waals surface area contributed by atoms with Gasteiger partial charge in [0.2, 0.25) is 0 Å². The Morgan fingerprint density at radius 3 is 2.18 bits per heavy atom. The van der Waals surface area contributed by atoms with Gasteiger partial charge in [-0.25, -0.2) is 0 Å². The van der Waals surface area contributed by atoms with Gasteiger partial charge in [-0.05, 0) is 19.2 Å². The van der Waals surface area contributed by atoms with Crippen molar-refractivity contribution in [3.63, 3.8) is 0 Å². The Bertz CT molecular complexity index is 153. The molecule has 1 aliphatic carbocycles. The van der Waals surface area contributed by atoms with Crippen molar-refractivity contribution in [3.05, 3.63) is 0 Å². The van der Waals surface area contributed by atoms with Crippen LogP contribution in [-0.2, 0) is 4.57 Å². The van der Waals surface area contributed by atoms with Crippen LogP contribution in [0.15, 0.2) is 0 Å². The van der Waals surface area contributed by atoms with E-state index >= 15 is 0 Å². The SMILES string of the molecule is CP(C)(=O)CC1CCCCC1. The smallest absolute Gasteiger partial charge is 0.0822 e. The van der Waals surface area contributed by atoms with Gasteiger partial charge in [0.1, 0.15) is 0 Å². The quantitative estimate of drug-likeness (QED) is 0.587. The van der Waals surface area contributed by atoms with Gasteiger partial charge in [0.25, 0.3) is 0 Å². The summed E-state index contributed by atoms with van der Waals surface area (Å²) in [4.78, 5) is 0. The van der Waals surface area contributed by atoms with Gasteiger partial charge < -0.3 is 4.57 Å². The average molecular weight is 174 g/mol. The van der Waals surface area contributed by atoms with Crippen LogP contribution in [0.2, 0.25) is 0 Å². The first kappa shape index (κ1) is 9.32. The molecule has 1 nitrogen and oxygen atoms in total. The molecule has 0 heterocycles. The average Bonchev–Trinajstić information content (AvgIpc) is 1.85. The van der Waals surface area contributed by atoms with Crippen molar-refractivity contribution < 1.29 is 4.57 Å². The lowest BCUT2D eigenvalue weighted by Crippen LogP contribution is -2.10. The van der Waals surface area contributed by atoms with Crippen LogP contribution in [0.5, 0.6) is 0 Å². The monoisotopic (exact) mass is 174 g/mol. The molecule has 0 unspecified atom stereocenters. The van der Waals surface area contributed by atoms with Crippen LogP contribution in [0, 0.1) is 5.92 Å². The summed E-state index contributed by atoms with van der Waals surface area (Å²) in [5, 5.41) is 0. The molecule has 1 rings (SSSR count). The van der Waals surface area contributed by atoms with Crippen molar-refractivity contribution in [1.82, 2.24) is 0 Å². The van der Waals surface area contributed by atoms with Crippen LogP contribution in [0.3, 0.4) is 0 Å². The molecule has 1 aliphatic rings. The standard InChI is InChI=1S/C9H19OP/c1-11(2,10)8-9-6-4-3-5-7-9/h9H,3-8H2,1-2H3. The van der Waals surface area contributed by atoms with E-state index in [-0.39, 0.29) is 0 Å². The van der Waals surface area contributed by atoms with Gasteiger partial charge in [-0.15, -0.1) is 0 Å². The molecule has 0 bridgehead atoms. The first-order chi connectivity index (χ1) is 5.08. The van der Waals surface area contributed by atoms with E-state index < -0.39 is 7.14 Å². The van der Waals surface area contributed by atoms with Gasteiger partial charge in [0, 0.05) is 6.16 Å². The molecule has 1 saturated carbocycles. The fourth-order valence-corrected chi connectivity index (χ4v) is 3.60. The zero-order valence-electron chi connectivity index (χ0n) is 7.68. The van der Waals surface area contributed by atoms with Crippen LogP contribution in [0.1, 0.15) is 32.1 Å². The molecule has 66 valence electrons. The summed E-state index contributed by atoms with van der Waals surface area (Å²) in [6.07, 6.45) is 7.77. The molecular formula is C9H19OP. The molecule has 0 N–H and O–H groups in total. The highest BCUT2D eigenvalue weighted by Gasteiger charge is 2.19. The van der Waals surface area contributed by atoms with E-state index in [0.29, 0.717) is 0 Å². The second-order valence-electron chi connectivity index (χ2n) is 4.26. The highest BCUT2D eigenvalue weighted by atomic mass is 31.2. The van der Waals surface area contributed by atoms with E-state index in [0.717, 1.165) is 12.1 Å².